The molecule has 1 atom stereocenters. The van der Waals surface area contributed by atoms with Crippen molar-refractivity contribution in [2.75, 3.05) is 23.7 Å². The van der Waals surface area contributed by atoms with Crippen molar-refractivity contribution in [3.05, 3.63) is 28.7 Å². The third-order valence-electron chi connectivity index (χ3n) is 3.58. The fourth-order valence-electron chi connectivity index (χ4n) is 2.66. The van der Waals surface area contributed by atoms with Gasteiger partial charge in [0.2, 0.25) is 0 Å². The average Bonchev–Trinajstić information content (AvgIpc) is 2.85. The molecule has 0 bridgehead atoms. The first-order valence-electron chi connectivity index (χ1n) is 6.66. The van der Waals surface area contributed by atoms with Gasteiger partial charge in [0.15, 0.2) is 0 Å². The van der Waals surface area contributed by atoms with E-state index in [2.05, 4.69) is 9.88 Å². The number of pyridine rings is 1. The van der Waals surface area contributed by atoms with Gasteiger partial charge in [-0.25, -0.2) is 4.98 Å². The second-order valence-corrected chi connectivity index (χ2v) is 6.76. The molecule has 2 aromatic heterocycles. The Morgan fingerprint density at radius 1 is 1.35 bits per heavy atom. The lowest BCUT2D eigenvalue weighted by Gasteiger charge is -2.34. The topological polar surface area (TPSA) is 68.2 Å². The van der Waals surface area contributed by atoms with Crippen LogP contribution >= 0.6 is 22.9 Å². The molecule has 0 amide bonds. The van der Waals surface area contributed by atoms with Gasteiger partial charge in [-0.05, 0) is 31.0 Å². The van der Waals surface area contributed by atoms with Crippen LogP contribution in [0.15, 0.2) is 24.4 Å². The zero-order valence-corrected chi connectivity index (χ0v) is 12.6. The molecule has 4 N–H and O–H groups in total. The summed E-state index contributed by atoms with van der Waals surface area (Å²) in [6, 6.07) is 6.11. The van der Waals surface area contributed by atoms with E-state index in [1.165, 1.54) is 11.3 Å². The molecule has 0 saturated carbocycles. The van der Waals surface area contributed by atoms with Gasteiger partial charge in [0, 0.05) is 30.2 Å². The molecule has 0 spiro atoms. The van der Waals surface area contributed by atoms with E-state index in [1.807, 2.05) is 18.2 Å². The van der Waals surface area contributed by atoms with Crippen molar-refractivity contribution in [3.63, 3.8) is 0 Å². The number of nitrogens with two attached hydrogens (primary N) is 2. The highest BCUT2D eigenvalue weighted by Gasteiger charge is 2.22. The Kier molecular flexibility index (Phi) is 3.83. The van der Waals surface area contributed by atoms with Crippen molar-refractivity contribution < 1.29 is 0 Å². The van der Waals surface area contributed by atoms with Crippen molar-refractivity contribution >= 4 is 34.4 Å². The zero-order valence-electron chi connectivity index (χ0n) is 11.1. The summed E-state index contributed by atoms with van der Waals surface area (Å²) in [5, 5.41) is 0. The number of hydrogen-bond acceptors (Lipinski definition) is 5. The molecule has 6 heteroatoms. The van der Waals surface area contributed by atoms with Gasteiger partial charge in [-0.15, -0.1) is 11.3 Å². The number of aromatic nitrogens is 1. The van der Waals surface area contributed by atoms with Gasteiger partial charge in [0.25, 0.3) is 0 Å². The van der Waals surface area contributed by atoms with E-state index >= 15 is 0 Å². The first-order chi connectivity index (χ1) is 9.65. The van der Waals surface area contributed by atoms with Crippen molar-refractivity contribution in [2.45, 2.75) is 18.9 Å². The molecule has 0 aromatic carbocycles. The molecule has 1 aliphatic rings. The molecule has 4 nitrogen and oxygen atoms in total. The maximum atomic E-state index is 6.10. The number of halogens is 1. The minimum atomic E-state index is 0.220. The number of anilines is 2. The largest absolute Gasteiger partial charge is 0.383 e. The Labute approximate surface area is 127 Å². The predicted octanol–water partition coefficient (Wildman–Crippen LogP) is 2.97. The van der Waals surface area contributed by atoms with Crippen LogP contribution in [0.5, 0.6) is 0 Å². The van der Waals surface area contributed by atoms with Crippen LogP contribution in [0, 0.1) is 0 Å². The summed E-state index contributed by atoms with van der Waals surface area (Å²) in [4.78, 5) is 7.57. The van der Waals surface area contributed by atoms with Crippen LogP contribution in [0.2, 0.25) is 4.34 Å². The normalized spacial score (nSPS) is 19.3. The number of hydrogen-bond donors (Lipinski definition) is 2. The Balaban J connectivity index is 2.04. The van der Waals surface area contributed by atoms with E-state index in [9.17, 15) is 0 Å². The molecule has 106 valence electrons. The molecular formula is C14H17ClN4S. The van der Waals surface area contributed by atoms with Crippen LogP contribution in [-0.4, -0.2) is 24.1 Å². The molecule has 1 fully saturated rings. The van der Waals surface area contributed by atoms with Crippen LogP contribution in [0.4, 0.5) is 11.5 Å². The fourth-order valence-corrected chi connectivity index (χ4v) is 3.77. The van der Waals surface area contributed by atoms with E-state index in [0.717, 1.165) is 46.4 Å². The van der Waals surface area contributed by atoms with Gasteiger partial charge >= 0.3 is 0 Å². The standard InChI is InChI=1S/C14H17ClN4S/c15-12-4-3-11(20-12)13-10(5-6-18-14(13)17)19-7-1-2-9(16)8-19/h3-6,9H,1-2,7-8,16H2,(H2,17,18). The third kappa shape index (κ3) is 2.61. The summed E-state index contributed by atoms with van der Waals surface area (Å²) >= 11 is 7.57. The van der Waals surface area contributed by atoms with Crippen LogP contribution in [0.25, 0.3) is 10.4 Å². The van der Waals surface area contributed by atoms with Crippen molar-refractivity contribution in [3.8, 4) is 10.4 Å². The smallest absolute Gasteiger partial charge is 0.134 e. The van der Waals surface area contributed by atoms with E-state index < -0.39 is 0 Å². The van der Waals surface area contributed by atoms with Crippen molar-refractivity contribution in [1.29, 1.82) is 0 Å². The van der Waals surface area contributed by atoms with Gasteiger partial charge in [-0.1, -0.05) is 11.6 Å². The maximum Gasteiger partial charge on any atom is 0.134 e. The summed E-state index contributed by atoms with van der Waals surface area (Å²) in [6.45, 7) is 1.86. The van der Waals surface area contributed by atoms with Crippen LogP contribution in [-0.2, 0) is 0 Å². The van der Waals surface area contributed by atoms with Gasteiger partial charge in [0.1, 0.15) is 5.82 Å². The van der Waals surface area contributed by atoms with Crippen molar-refractivity contribution in [2.24, 2.45) is 5.73 Å². The Morgan fingerprint density at radius 3 is 2.90 bits per heavy atom. The number of thiophene rings is 1. The molecule has 0 aliphatic carbocycles. The summed E-state index contributed by atoms with van der Waals surface area (Å²) in [7, 11) is 0. The molecule has 2 aromatic rings. The molecule has 3 rings (SSSR count). The van der Waals surface area contributed by atoms with Gasteiger partial charge in [-0.2, -0.15) is 0 Å². The molecule has 1 saturated heterocycles. The van der Waals surface area contributed by atoms with Crippen LogP contribution in [0.1, 0.15) is 12.8 Å². The predicted molar refractivity (Wildman–Crippen MR) is 86.4 cm³/mol. The molecule has 0 radical (unpaired) electrons. The highest BCUT2D eigenvalue weighted by atomic mass is 35.5. The highest BCUT2D eigenvalue weighted by molar-refractivity contribution is 7.19. The summed E-state index contributed by atoms with van der Waals surface area (Å²) in [5.41, 5.74) is 14.3. The quantitative estimate of drug-likeness (QED) is 0.895. The lowest BCUT2D eigenvalue weighted by molar-refractivity contribution is 0.506. The third-order valence-corrected chi connectivity index (χ3v) is 4.83. The fraction of sp³-hybridized carbons (Fsp3) is 0.357. The maximum absolute atomic E-state index is 6.10. The summed E-state index contributed by atoms with van der Waals surface area (Å²) in [5.74, 6) is 0.542. The highest BCUT2D eigenvalue weighted by Crippen LogP contribution is 2.40. The minimum absolute atomic E-state index is 0.220. The Morgan fingerprint density at radius 2 is 2.20 bits per heavy atom. The molecule has 1 aliphatic heterocycles. The Hall–Kier alpha value is -1.30. The number of nitrogens with zero attached hydrogens (tertiary/aromatic N) is 2. The average molecular weight is 309 g/mol. The first-order valence-corrected chi connectivity index (χ1v) is 7.85. The second kappa shape index (κ2) is 5.60. The van der Waals surface area contributed by atoms with Gasteiger partial charge in [-0.3, -0.25) is 0 Å². The molecular weight excluding hydrogens is 292 g/mol. The lowest BCUT2D eigenvalue weighted by atomic mass is 10.0. The lowest BCUT2D eigenvalue weighted by Crippen LogP contribution is -2.43. The summed E-state index contributed by atoms with van der Waals surface area (Å²) < 4.78 is 0.754. The van der Waals surface area contributed by atoms with Crippen LogP contribution in [0.3, 0.4) is 0 Å². The van der Waals surface area contributed by atoms with E-state index in [4.69, 9.17) is 23.1 Å². The first kappa shape index (κ1) is 13.7. The number of rotatable bonds is 2. The molecule has 20 heavy (non-hydrogen) atoms. The van der Waals surface area contributed by atoms with E-state index in [1.54, 1.807) is 6.20 Å². The van der Waals surface area contributed by atoms with Crippen LogP contribution < -0.4 is 16.4 Å². The van der Waals surface area contributed by atoms with E-state index in [0.29, 0.717) is 5.82 Å². The minimum Gasteiger partial charge on any atom is -0.383 e. The van der Waals surface area contributed by atoms with Gasteiger partial charge in [0.05, 0.1) is 15.6 Å². The summed E-state index contributed by atoms with van der Waals surface area (Å²) in [6.07, 6.45) is 3.94. The van der Waals surface area contributed by atoms with E-state index in [-0.39, 0.29) is 6.04 Å². The second-order valence-electron chi connectivity index (χ2n) is 5.04. The SMILES string of the molecule is Nc1nccc(N2CCCC(N)C2)c1-c1ccc(Cl)s1. The van der Waals surface area contributed by atoms with Gasteiger partial charge < -0.3 is 16.4 Å². The Bertz CT molecular complexity index is 613. The number of nitrogen functional groups attached to an aromatic ring is 1. The van der Waals surface area contributed by atoms with Crippen molar-refractivity contribution in [1.82, 2.24) is 4.98 Å². The monoisotopic (exact) mass is 308 g/mol. The number of piperidine rings is 1. The molecule has 3 heterocycles. The zero-order chi connectivity index (χ0) is 14.1. The molecule has 1 unspecified atom stereocenters.